The third-order valence-electron chi connectivity index (χ3n) is 3.37. The first-order valence-corrected chi connectivity index (χ1v) is 6.85. The molecule has 0 aliphatic heterocycles. The molecule has 0 unspecified atom stereocenters. The van der Waals surface area contributed by atoms with Gasteiger partial charge in [0.25, 0.3) is 0 Å². The molecule has 0 atom stereocenters. The minimum atomic E-state index is 0.218. The molecule has 1 heteroatoms. The minimum absolute atomic E-state index is 0.218. The summed E-state index contributed by atoms with van der Waals surface area (Å²) in [5.74, 6) is 0. The van der Waals surface area contributed by atoms with Crippen LogP contribution in [-0.4, -0.2) is 0 Å². The van der Waals surface area contributed by atoms with Crippen LogP contribution in [-0.2, 0) is 12.0 Å². The Hall–Kier alpha value is -1.76. The lowest BCUT2D eigenvalue weighted by molar-refractivity contribution is 0.590. The normalized spacial score (nSPS) is 11.4. The van der Waals surface area contributed by atoms with E-state index in [9.17, 15) is 0 Å². The van der Waals surface area contributed by atoms with Crippen molar-refractivity contribution < 1.29 is 0 Å². The summed E-state index contributed by atoms with van der Waals surface area (Å²) in [5, 5.41) is 3.46. The highest BCUT2D eigenvalue weighted by Gasteiger charge is 2.12. The topological polar surface area (TPSA) is 12.0 Å². The molecule has 1 N–H and O–H groups in total. The molecule has 0 aliphatic rings. The fourth-order valence-electron chi connectivity index (χ4n) is 2.00. The summed E-state index contributed by atoms with van der Waals surface area (Å²) >= 11 is 0. The van der Waals surface area contributed by atoms with E-state index in [1.165, 1.54) is 22.4 Å². The number of hydrogen-bond donors (Lipinski definition) is 1. The zero-order chi connectivity index (χ0) is 13.9. The van der Waals surface area contributed by atoms with E-state index in [1.54, 1.807) is 0 Å². The highest BCUT2D eigenvalue weighted by molar-refractivity contribution is 5.46. The second-order valence-electron chi connectivity index (χ2n) is 6.17. The quantitative estimate of drug-likeness (QED) is 0.820. The van der Waals surface area contributed by atoms with E-state index < -0.39 is 0 Å². The smallest absolute Gasteiger partial charge is 0.0400 e. The van der Waals surface area contributed by atoms with Crippen LogP contribution in [0, 0.1) is 6.92 Å². The number of nitrogens with one attached hydrogen (secondary N) is 1. The first-order chi connectivity index (χ1) is 8.95. The van der Waals surface area contributed by atoms with Crippen LogP contribution in [0.1, 0.15) is 37.5 Å². The fraction of sp³-hybridized carbons (Fsp3) is 0.333. The molecule has 1 nitrogen and oxygen atoms in total. The molecule has 2 rings (SSSR count). The average Bonchev–Trinajstić information content (AvgIpc) is 2.37. The molecule has 2 aromatic carbocycles. The van der Waals surface area contributed by atoms with E-state index in [1.807, 2.05) is 0 Å². The third kappa shape index (κ3) is 3.85. The fourth-order valence-corrected chi connectivity index (χ4v) is 2.00. The zero-order valence-electron chi connectivity index (χ0n) is 12.3. The van der Waals surface area contributed by atoms with Crippen molar-refractivity contribution in [1.29, 1.82) is 0 Å². The highest BCUT2D eigenvalue weighted by Crippen LogP contribution is 2.23. The van der Waals surface area contributed by atoms with Crippen LogP contribution in [0.3, 0.4) is 0 Å². The molecule has 0 radical (unpaired) electrons. The van der Waals surface area contributed by atoms with E-state index in [2.05, 4.69) is 81.5 Å². The maximum atomic E-state index is 3.46. The molecule has 0 fully saturated rings. The van der Waals surface area contributed by atoms with E-state index in [4.69, 9.17) is 0 Å². The van der Waals surface area contributed by atoms with Crippen LogP contribution < -0.4 is 5.32 Å². The SMILES string of the molecule is Cc1ccc(CNc2ccc(C(C)(C)C)cc2)cc1. The van der Waals surface area contributed by atoms with Crippen molar-refractivity contribution in [3.63, 3.8) is 0 Å². The molecule has 0 amide bonds. The van der Waals surface area contributed by atoms with Gasteiger partial charge in [0.05, 0.1) is 0 Å². The van der Waals surface area contributed by atoms with Crippen molar-refractivity contribution in [2.24, 2.45) is 0 Å². The number of benzene rings is 2. The lowest BCUT2D eigenvalue weighted by Gasteiger charge is -2.19. The Bertz CT molecular complexity index is 515. The molecule has 2 aromatic rings. The Morgan fingerprint density at radius 1 is 0.842 bits per heavy atom. The summed E-state index contributed by atoms with van der Waals surface area (Å²) < 4.78 is 0. The van der Waals surface area contributed by atoms with Gasteiger partial charge in [-0.1, -0.05) is 62.7 Å². The van der Waals surface area contributed by atoms with Gasteiger partial charge in [-0.15, -0.1) is 0 Å². The van der Waals surface area contributed by atoms with Crippen molar-refractivity contribution >= 4 is 5.69 Å². The van der Waals surface area contributed by atoms with Crippen molar-refractivity contribution in [2.75, 3.05) is 5.32 Å². The molecule has 0 bridgehead atoms. The summed E-state index contributed by atoms with van der Waals surface area (Å²) in [6.07, 6.45) is 0. The van der Waals surface area contributed by atoms with Gasteiger partial charge in [0, 0.05) is 12.2 Å². The minimum Gasteiger partial charge on any atom is -0.381 e. The number of aryl methyl sites for hydroxylation is 1. The molecule has 0 aliphatic carbocycles. The molecule has 100 valence electrons. The summed E-state index contributed by atoms with van der Waals surface area (Å²) in [7, 11) is 0. The molecule has 0 saturated heterocycles. The van der Waals surface area contributed by atoms with Crippen molar-refractivity contribution in [1.82, 2.24) is 0 Å². The molecular formula is C18H23N. The molecule has 19 heavy (non-hydrogen) atoms. The zero-order valence-corrected chi connectivity index (χ0v) is 12.3. The van der Waals surface area contributed by atoms with E-state index >= 15 is 0 Å². The van der Waals surface area contributed by atoms with E-state index in [0.29, 0.717) is 0 Å². The predicted molar refractivity (Wildman–Crippen MR) is 83.6 cm³/mol. The van der Waals surface area contributed by atoms with Crippen LogP contribution in [0.5, 0.6) is 0 Å². The Kier molecular flexibility index (Phi) is 3.94. The molecule has 0 spiro atoms. The second kappa shape index (κ2) is 5.48. The van der Waals surface area contributed by atoms with Crippen LogP contribution in [0.15, 0.2) is 48.5 Å². The lowest BCUT2D eigenvalue weighted by atomic mass is 9.87. The van der Waals surface area contributed by atoms with E-state index in [-0.39, 0.29) is 5.41 Å². The molecule has 0 heterocycles. The second-order valence-corrected chi connectivity index (χ2v) is 6.17. The van der Waals surface area contributed by atoms with E-state index in [0.717, 1.165) is 6.54 Å². The Morgan fingerprint density at radius 2 is 1.42 bits per heavy atom. The maximum Gasteiger partial charge on any atom is 0.0400 e. The average molecular weight is 253 g/mol. The monoisotopic (exact) mass is 253 g/mol. The Balaban J connectivity index is 1.98. The van der Waals surface area contributed by atoms with Crippen molar-refractivity contribution in [2.45, 2.75) is 39.7 Å². The van der Waals surface area contributed by atoms with Crippen molar-refractivity contribution in [3.8, 4) is 0 Å². The third-order valence-corrected chi connectivity index (χ3v) is 3.37. The first-order valence-electron chi connectivity index (χ1n) is 6.85. The van der Waals surface area contributed by atoms with Crippen LogP contribution in [0.4, 0.5) is 5.69 Å². The van der Waals surface area contributed by atoms with Gasteiger partial charge < -0.3 is 5.32 Å². The van der Waals surface area contributed by atoms with Gasteiger partial charge in [0.15, 0.2) is 0 Å². The van der Waals surface area contributed by atoms with Gasteiger partial charge in [0.2, 0.25) is 0 Å². The van der Waals surface area contributed by atoms with Crippen LogP contribution in [0.25, 0.3) is 0 Å². The van der Waals surface area contributed by atoms with Gasteiger partial charge in [-0.2, -0.15) is 0 Å². The van der Waals surface area contributed by atoms with Gasteiger partial charge >= 0.3 is 0 Å². The molecule has 0 saturated carbocycles. The standard InChI is InChI=1S/C18H23N/c1-14-5-7-15(8-6-14)13-19-17-11-9-16(10-12-17)18(2,3)4/h5-12,19H,13H2,1-4H3. The first kappa shape index (κ1) is 13.7. The summed E-state index contributed by atoms with van der Waals surface area (Å²) in [5.41, 5.74) is 5.38. The van der Waals surface area contributed by atoms with Gasteiger partial charge in [-0.25, -0.2) is 0 Å². The summed E-state index contributed by atoms with van der Waals surface area (Å²) in [6, 6.07) is 17.4. The number of hydrogen-bond acceptors (Lipinski definition) is 1. The molecular weight excluding hydrogens is 230 g/mol. The maximum absolute atomic E-state index is 3.46. The van der Waals surface area contributed by atoms with Crippen LogP contribution in [0.2, 0.25) is 0 Å². The lowest BCUT2D eigenvalue weighted by Crippen LogP contribution is -2.10. The number of anilines is 1. The Morgan fingerprint density at radius 3 is 1.95 bits per heavy atom. The van der Waals surface area contributed by atoms with Gasteiger partial charge in [-0.3, -0.25) is 0 Å². The largest absolute Gasteiger partial charge is 0.381 e. The van der Waals surface area contributed by atoms with Gasteiger partial charge in [-0.05, 0) is 35.6 Å². The highest BCUT2D eigenvalue weighted by atomic mass is 14.9. The predicted octanol–water partition coefficient (Wildman–Crippen LogP) is 4.90. The van der Waals surface area contributed by atoms with Crippen LogP contribution >= 0.6 is 0 Å². The summed E-state index contributed by atoms with van der Waals surface area (Å²) in [4.78, 5) is 0. The van der Waals surface area contributed by atoms with Gasteiger partial charge in [0.1, 0.15) is 0 Å². The van der Waals surface area contributed by atoms with Crippen molar-refractivity contribution in [3.05, 3.63) is 65.2 Å². The molecule has 0 aromatic heterocycles. The Labute approximate surface area is 116 Å². The number of rotatable bonds is 3. The summed E-state index contributed by atoms with van der Waals surface area (Å²) in [6.45, 7) is 9.70.